The highest BCUT2D eigenvalue weighted by molar-refractivity contribution is 5.94. The quantitative estimate of drug-likeness (QED) is 0.749. The molecule has 0 bridgehead atoms. The standard InChI is InChI=1S/C17H23NO/c1-3-11-17(4-2)12-8-13-18(14-17)16(19)15-9-6-5-7-10-15/h3,5-7,9-10H,1,4,8,11-14H2,2H3/t17-/m1/s1. The number of likely N-dealkylation sites (tertiary alicyclic amines) is 1. The normalized spacial score (nSPS) is 23.1. The molecule has 2 heteroatoms. The van der Waals surface area contributed by atoms with Crippen LogP contribution in [-0.2, 0) is 0 Å². The molecule has 0 aromatic heterocycles. The SMILES string of the molecule is C=CC[C@]1(CC)CCCN(C(=O)c2ccccc2)C1. The van der Waals surface area contributed by atoms with Crippen LogP contribution in [0.15, 0.2) is 43.0 Å². The second-order valence-electron chi connectivity index (χ2n) is 5.54. The van der Waals surface area contributed by atoms with Gasteiger partial charge in [-0.15, -0.1) is 6.58 Å². The topological polar surface area (TPSA) is 20.3 Å². The first-order valence-corrected chi connectivity index (χ1v) is 7.16. The average molecular weight is 257 g/mol. The second kappa shape index (κ2) is 6.05. The molecule has 1 aliphatic rings. The maximum atomic E-state index is 12.5. The van der Waals surface area contributed by atoms with Gasteiger partial charge in [0.2, 0.25) is 0 Å². The van der Waals surface area contributed by atoms with Gasteiger partial charge in [-0.3, -0.25) is 4.79 Å². The molecule has 2 rings (SSSR count). The van der Waals surface area contributed by atoms with Crippen molar-refractivity contribution in [2.24, 2.45) is 5.41 Å². The van der Waals surface area contributed by atoms with E-state index in [1.165, 1.54) is 6.42 Å². The summed E-state index contributed by atoms with van der Waals surface area (Å²) in [4.78, 5) is 14.5. The van der Waals surface area contributed by atoms with Gasteiger partial charge in [0.05, 0.1) is 0 Å². The zero-order chi connectivity index (χ0) is 13.7. The lowest BCUT2D eigenvalue weighted by Gasteiger charge is -2.42. The zero-order valence-electron chi connectivity index (χ0n) is 11.8. The molecule has 2 nitrogen and oxygen atoms in total. The van der Waals surface area contributed by atoms with E-state index in [0.717, 1.165) is 37.9 Å². The van der Waals surface area contributed by atoms with E-state index in [0.29, 0.717) is 0 Å². The highest BCUT2D eigenvalue weighted by atomic mass is 16.2. The molecule has 1 saturated heterocycles. The number of hydrogen-bond donors (Lipinski definition) is 0. The number of carbonyl (C=O) groups excluding carboxylic acids is 1. The molecule has 0 aliphatic carbocycles. The summed E-state index contributed by atoms with van der Waals surface area (Å²) in [5.41, 5.74) is 1.04. The number of allylic oxidation sites excluding steroid dienone is 1. The van der Waals surface area contributed by atoms with Gasteiger partial charge in [0, 0.05) is 18.7 Å². The Bertz CT molecular complexity index is 440. The van der Waals surface area contributed by atoms with Gasteiger partial charge in [0.1, 0.15) is 0 Å². The molecule has 0 radical (unpaired) electrons. The molecule has 0 N–H and O–H groups in total. The Labute approximate surface area is 116 Å². The Balaban J connectivity index is 2.13. The number of benzene rings is 1. The highest BCUT2D eigenvalue weighted by Gasteiger charge is 2.34. The Morgan fingerprint density at radius 1 is 1.42 bits per heavy atom. The molecule has 1 heterocycles. The van der Waals surface area contributed by atoms with Crippen molar-refractivity contribution >= 4 is 5.91 Å². The zero-order valence-corrected chi connectivity index (χ0v) is 11.8. The lowest BCUT2D eigenvalue weighted by atomic mass is 9.75. The summed E-state index contributed by atoms with van der Waals surface area (Å²) < 4.78 is 0. The summed E-state index contributed by atoms with van der Waals surface area (Å²) in [5, 5.41) is 0. The average Bonchev–Trinajstić information content (AvgIpc) is 2.48. The van der Waals surface area contributed by atoms with Gasteiger partial charge in [0.25, 0.3) is 5.91 Å². The Morgan fingerprint density at radius 3 is 2.79 bits per heavy atom. The van der Waals surface area contributed by atoms with Crippen molar-refractivity contribution in [2.45, 2.75) is 32.6 Å². The van der Waals surface area contributed by atoms with Crippen LogP contribution < -0.4 is 0 Å². The van der Waals surface area contributed by atoms with Gasteiger partial charge in [-0.25, -0.2) is 0 Å². The van der Waals surface area contributed by atoms with E-state index in [4.69, 9.17) is 0 Å². The van der Waals surface area contributed by atoms with E-state index < -0.39 is 0 Å². The third-order valence-electron chi connectivity index (χ3n) is 4.30. The number of carbonyl (C=O) groups is 1. The second-order valence-corrected chi connectivity index (χ2v) is 5.54. The van der Waals surface area contributed by atoms with Crippen LogP contribution in [0, 0.1) is 5.41 Å². The van der Waals surface area contributed by atoms with Crippen LogP contribution in [0.3, 0.4) is 0 Å². The number of piperidine rings is 1. The fourth-order valence-electron chi connectivity index (χ4n) is 3.05. The van der Waals surface area contributed by atoms with Crippen molar-refractivity contribution in [1.82, 2.24) is 4.90 Å². The number of amides is 1. The predicted molar refractivity (Wildman–Crippen MR) is 79.1 cm³/mol. The fourth-order valence-corrected chi connectivity index (χ4v) is 3.05. The van der Waals surface area contributed by atoms with Crippen molar-refractivity contribution < 1.29 is 4.79 Å². The minimum absolute atomic E-state index is 0.169. The van der Waals surface area contributed by atoms with E-state index in [-0.39, 0.29) is 11.3 Å². The first kappa shape index (κ1) is 13.9. The molecule has 1 aliphatic heterocycles. The van der Waals surface area contributed by atoms with Crippen LogP contribution in [0.4, 0.5) is 0 Å². The van der Waals surface area contributed by atoms with Gasteiger partial charge < -0.3 is 4.90 Å². The molecule has 0 saturated carbocycles. The van der Waals surface area contributed by atoms with E-state index in [2.05, 4.69) is 13.5 Å². The summed E-state index contributed by atoms with van der Waals surface area (Å²) in [6.45, 7) is 7.84. The first-order valence-electron chi connectivity index (χ1n) is 7.16. The predicted octanol–water partition coefficient (Wildman–Crippen LogP) is 3.90. The van der Waals surface area contributed by atoms with Crippen LogP contribution in [0.5, 0.6) is 0 Å². The lowest BCUT2D eigenvalue weighted by Crippen LogP contribution is -2.45. The molecule has 1 amide bonds. The summed E-state index contributed by atoms with van der Waals surface area (Å²) in [5.74, 6) is 0.169. The molecule has 0 spiro atoms. The van der Waals surface area contributed by atoms with Crippen molar-refractivity contribution in [3.63, 3.8) is 0 Å². The van der Waals surface area contributed by atoms with Gasteiger partial charge in [-0.05, 0) is 43.2 Å². The van der Waals surface area contributed by atoms with Crippen LogP contribution in [0.2, 0.25) is 0 Å². The third kappa shape index (κ3) is 3.06. The lowest BCUT2D eigenvalue weighted by molar-refractivity contribution is 0.0506. The van der Waals surface area contributed by atoms with Gasteiger partial charge in [0.15, 0.2) is 0 Å². The van der Waals surface area contributed by atoms with Gasteiger partial charge in [-0.2, -0.15) is 0 Å². The van der Waals surface area contributed by atoms with E-state index in [1.807, 2.05) is 41.3 Å². The number of nitrogens with zero attached hydrogens (tertiary/aromatic N) is 1. The van der Waals surface area contributed by atoms with Crippen LogP contribution >= 0.6 is 0 Å². The summed E-state index contributed by atoms with van der Waals surface area (Å²) >= 11 is 0. The van der Waals surface area contributed by atoms with Crippen LogP contribution in [0.1, 0.15) is 43.0 Å². The largest absolute Gasteiger partial charge is 0.338 e. The van der Waals surface area contributed by atoms with Crippen LogP contribution in [0.25, 0.3) is 0 Å². The fraction of sp³-hybridized carbons (Fsp3) is 0.471. The Morgan fingerprint density at radius 2 is 2.16 bits per heavy atom. The minimum atomic E-state index is 0.169. The smallest absolute Gasteiger partial charge is 0.253 e. The maximum Gasteiger partial charge on any atom is 0.253 e. The molecule has 1 fully saturated rings. The molecular formula is C17H23NO. The van der Waals surface area contributed by atoms with Crippen molar-refractivity contribution in [1.29, 1.82) is 0 Å². The Kier molecular flexibility index (Phi) is 4.41. The number of rotatable bonds is 4. The molecule has 19 heavy (non-hydrogen) atoms. The third-order valence-corrected chi connectivity index (χ3v) is 4.30. The molecule has 1 aromatic rings. The van der Waals surface area contributed by atoms with E-state index in [9.17, 15) is 4.79 Å². The van der Waals surface area contributed by atoms with Gasteiger partial charge in [-0.1, -0.05) is 31.2 Å². The summed E-state index contributed by atoms with van der Waals surface area (Å²) in [6.07, 6.45) is 6.41. The molecule has 1 aromatic carbocycles. The number of hydrogen-bond acceptors (Lipinski definition) is 1. The maximum absolute atomic E-state index is 12.5. The summed E-state index contributed by atoms with van der Waals surface area (Å²) in [7, 11) is 0. The highest BCUT2D eigenvalue weighted by Crippen LogP contribution is 2.37. The minimum Gasteiger partial charge on any atom is -0.338 e. The monoisotopic (exact) mass is 257 g/mol. The summed E-state index contributed by atoms with van der Waals surface area (Å²) in [6, 6.07) is 9.60. The first-order chi connectivity index (χ1) is 9.21. The van der Waals surface area contributed by atoms with Crippen LogP contribution in [-0.4, -0.2) is 23.9 Å². The van der Waals surface area contributed by atoms with Crippen molar-refractivity contribution in [3.8, 4) is 0 Å². The molecule has 0 unspecified atom stereocenters. The molecule has 102 valence electrons. The van der Waals surface area contributed by atoms with Gasteiger partial charge >= 0.3 is 0 Å². The Hall–Kier alpha value is -1.57. The van der Waals surface area contributed by atoms with E-state index in [1.54, 1.807) is 0 Å². The van der Waals surface area contributed by atoms with E-state index >= 15 is 0 Å². The van der Waals surface area contributed by atoms with Crippen molar-refractivity contribution in [3.05, 3.63) is 48.6 Å². The molecular weight excluding hydrogens is 234 g/mol. The van der Waals surface area contributed by atoms with Crippen molar-refractivity contribution in [2.75, 3.05) is 13.1 Å². The molecule has 1 atom stereocenters.